The second kappa shape index (κ2) is 10.1. The van der Waals surface area contributed by atoms with Crippen LogP contribution in [0.4, 0.5) is 0 Å². The molecule has 0 spiro atoms. The van der Waals surface area contributed by atoms with Gasteiger partial charge >= 0.3 is 21.7 Å². The van der Waals surface area contributed by atoms with E-state index in [-0.39, 0.29) is 55.7 Å². The molecule has 0 saturated carbocycles. The number of hydrogen-bond donors (Lipinski definition) is 0. The van der Waals surface area contributed by atoms with Gasteiger partial charge in [-0.15, -0.1) is 59.3 Å². The number of fused-ring (bicyclic) bond motifs is 2. The van der Waals surface area contributed by atoms with Gasteiger partial charge in [-0.25, -0.2) is 0 Å². The van der Waals surface area contributed by atoms with Crippen molar-refractivity contribution in [1.29, 1.82) is 0 Å². The fourth-order valence-corrected chi connectivity index (χ4v) is 2.14. The summed E-state index contributed by atoms with van der Waals surface area (Å²) in [5.74, 6) is 0. The number of rotatable bonds is 0. The molecule has 0 amide bonds. The number of hydrogen-bond acceptors (Lipinski definition) is 0. The SMILES string of the molecule is [Br-].[Br-].[Ti+4].c1ccc2[cH-]ccc2c1.c1ccc2[cH-]ccc2c1. The first kappa shape index (κ1) is 20.3. The van der Waals surface area contributed by atoms with E-state index in [1.54, 1.807) is 0 Å². The molecular weight excluding hydrogens is 424 g/mol. The van der Waals surface area contributed by atoms with Crippen molar-refractivity contribution in [1.82, 2.24) is 0 Å². The second-order valence-corrected chi connectivity index (χ2v) is 4.31. The maximum absolute atomic E-state index is 2.12. The van der Waals surface area contributed by atoms with Crippen molar-refractivity contribution < 1.29 is 55.7 Å². The molecule has 0 atom stereocenters. The molecule has 0 fully saturated rings. The minimum atomic E-state index is 0. The van der Waals surface area contributed by atoms with Gasteiger partial charge < -0.3 is 34.0 Å². The van der Waals surface area contributed by atoms with Crippen LogP contribution in [0.2, 0.25) is 0 Å². The molecule has 0 bridgehead atoms. The first-order chi connectivity index (χ1) is 8.93. The van der Waals surface area contributed by atoms with Crippen LogP contribution in [0.5, 0.6) is 0 Å². The molecule has 0 aromatic heterocycles. The standard InChI is InChI=1S/2C9H7.2BrH.Ti/c2*1-2-5-9-7-3-6-8(9)4-1;;;/h2*1-7H;2*1H;/q2*-1;;;+4/p-2. The Kier molecular flexibility index (Phi) is 9.81. The predicted octanol–water partition coefficient (Wildman–Crippen LogP) is -0.877. The summed E-state index contributed by atoms with van der Waals surface area (Å²) in [6.45, 7) is 0. The Bertz CT molecular complexity index is 629. The largest absolute Gasteiger partial charge is 4.00 e. The van der Waals surface area contributed by atoms with E-state index in [0.717, 1.165) is 0 Å². The van der Waals surface area contributed by atoms with Gasteiger partial charge in [0.05, 0.1) is 0 Å². The fourth-order valence-electron chi connectivity index (χ4n) is 2.14. The first-order valence-corrected chi connectivity index (χ1v) is 6.14. The minimum absolute atomic E-state index is 0. The summed E-state index contributed by atoms with van der Waals surface area (Å²) in [6.07, 6.45) is 0. The quantitative estimate of drug-likeness (QED) is 0.248. The monoisotopic (exact) mass is 436 g/mol. The van der Waals surface area contributed by atoms with Gasteiger partial charge in [0.15, 0.2) is 0 Å². The van der Waals surface area contributed by atoms with Crippen LogP contribution < -0.4 is 34.0 Å². The van der Waals surface area contributed by atoms with E-state index < -0.39 is 0 Å². The van der Waals surface area contributed by atoms with Crippen LogP contribution in [0.1, 0.15) is 0 Å². The van der Waals surface area contributed by atoms with Crippen molar-refractivity contribution in [2.45, 2.75) is 0 Å². The Labute approximate surface area is 161 Å². The predicted molar refractivity (Wildman–Crippen MR) is 79.1 cm³/mol. The zero-order valence-electron chi connectivity index (χ0n) is 11.3. The summed E-state index contributed by atoms with van der Waals surface area (Å²) in [7, 11) is 0. The summed E-state index contributed by atoms with van der Waals surface area (Å²) < 4.78 is 0. The van der Waals surface area contributed by atoms with E-state index >= 15 is 0 Å². The van der Waals surface area contributed by atoms with Gasteiger partial charge in [-0.1, -0.05) is 12.1 Å². The van der Waals surface area contributed by atoms with Crippen molar-refractivity contribution in [2.75, 3.05) is 0 Å². The van der Waals surface area contributed by atoms with E-state index in [2.05, 4.69) is 84.9 Å². The van der Waals surface area contributed by atoms with Crippen molar-refractivity contribution in [3.63, 3.8) is 0 Å². The average Bonchev–Trinajstić information content (AvgIpc) is 3.08. The van der Waals surface area contributed by atoms with Crippen molar-refractivity contribution in [3.05, 3.63) is 84.9 Å². The van der Waals surface area contributed by atoms with Gasteiger partial charge in [0.1, 0.15) is 0 Å². The van der Waals surface area contributed by atoms with E-state index in [4.69, 9.17) is 0 Å². The van der Waals surface area contributed by atoms with Gasteiger partial charge in [0.25, 0.3) is 0 Å². The molecule has 0 aliphatic carbocycles. The van der Waals surface area contributed by atoms with Crippen LogP contribution in [0, 0.1) is 0 Å². The molecule has 104 valence electrons. The summed E-state index contributed by atoms with van der Waals surface area (Å²) in [6, 6.07) is 29.3. The number of benzene rings is 2. The molecule has 21 heavy (non-hydrogen) atoms. The van der Waals surface area contributed by atoms with Gasteiger partial charge in [0, 0.05) is 0 Å². The Morgan fingerprint density at radius 3 is 1.29 bits per heavy atom. The average molecular weight is 438 g/mol. The molecule has 0 aliphatic rings. The summed E-state index contributed by atoms with van der Waals surface area (Å²) in [4.78, 5) is 0. The number of halogens is 2. The van der Waals surface area contributed by atoms with Gasteiger partial charge in [0.2, 0.25) is 0 Å². The molecule has 0 unspecified atom stereocenters. The molecule has 4 aromatic rings. The maximum Gasteiger partial charge on any atom is 4.00 e. The topological polar surface area (TPSA) is 0 Å². The zero-order valence-corrected chi connectivity index (χ0v) is 16.1. The van der Waals surface area contributed by atoms with Crippen LogP contribution in [-0.4, -0.2) is 0 Å². The fraction of sp³-hybridized carbons (Fsp3) is 0. The summed E-state index contributed by atoms with van der Waals surface area (Å²) >= 11 is 0. The second-order valence-electron chi connectivity index (χ2n) is 4.31. The molecule has 0 aliphatic heterocycles. The van der Waals surface area contributed by atoms with E-state index in [1.165, 1.54) is 21.5 Å². The Morgan fingerprint density at radius 2 is 0.905 bits per heavy atom. The van der Waals surface area contributed by atoms with Crippen LogP contribution >= 0.6 is 0 Å². The van der Waals surface area contributed by atoms with E-state index in [1.807, 2.05) is 0 Å². The van der Waals surface area contributed by atoms with Crippen molar-refractivity contribution >= 4 is 21.5 Å². The Balaban J connectivity index is 0.000000333. The van der Waals surface area contributed by atoms with Crippen LogP contribution in [0.3, 0.4) is 0 Å². The maximum atomic E-state index is 2.12. The molecule has 4 aromatic carbocycles. The molecule has 0 heterocycles. The molecule has 0 nitrogen and oxygen atoms in total. The van der Waals surface area contributed by atoms with E-state index in [9.17, 15) is 0 Å². The van der Waals surface area contributed by atoms with Crippen molar-refractivity contribution in [3.8, 4) is 0 Å². The summed E-state index contributed by atoms with van der Waals surface area (Å²) in [5, 5.41) is 5.32. The third-order valence-electron chi connectivity index (χ3n) is 3.10. The molecule has 0 saturated heterocycles. The van der Waals surface area contributed by atoms with Crippen LogP contribution in [0.15, 0.2) is 84.9 Å². The smallest absolute Gasteiger partial charge is 1.00 e. The molecular formula is C18H14Br2Ti. The van der Waals surface area contributed by atoms with Crippen LogP contribution in [-0.2, 0) is 21.7 Å². The molecule has 0 radical (unpaired) electrons. The van der Waals surface area contributed by atoms with E-state index in [0.29, 0.717) is 0 Å². The third-order valence-corrected chi connectivity index (χ3v) is 3.10. The van der Waals surface area contributed by atoms with Crippen LogP contribution in [0.25, 0.3) is 21.5 Å². The Hall–Kier alpha value is -0.666. The molecule has 3 heteroatoms. The molecule has 4 rings (SSSR count). The van der Waals surface area contributed by atoms with Gasteiger partial charge in [-0.2, -0.15) is 35.0 Å². The van der Waals surface area contributed by atoms with Gasteiger partial charge in [-0.05, 0) is 0 Å². The van der Waals surface area contributed by atoms with Crippen molar-refractivity contribution in [2.24, 2.45) is 0 Å². The Morgan fingerprint density at radius 1 is 0.524 bits per heavy atom. The first-order valence-electron chi connectivity index (χ1n) is 6.14. The van der Waals surface area contributed by atoms with Gasteiger partial charge in [-0.3, -0.25) is 0 Å². The zero-order chi connectivity index (χ0) is 12.2. The third kappa shape index (κ3) is 5.23. The summed E-state index contributed by atoms with van der Waals surface area (Å²) in [5.41, 5.74) is 0. The minimum Gasteiger partial charge on any atom is -1.00 e. The normalized spacial score (nSPS) is 8.76. The molecule has 0 N–H and O–H groups in total.